The molecule has 1 heterocycles. The number of rotatable bonds is 6. The summed E-state index contributed by atoms with van der Waals surface area (Å²) in [5.74, 6) is -0.292. The Morgan fingerprint density at radius 3 is 2.74 bits per heavy atom. The third kappa shape index (κ3) is 4.87. The van der Waals surface area contributed by atoms with Gasteiger partial charge in [-0.1, -0.05) is 12.2 Å². The number of carboxylic acids is 1. The van der Waals surface area contributed by atoms with Gasteiger partial charge in [0.1, 0.15) is 17.1 Å². The first-order chi connectivity index (χ1) is 9.04. The smallest absolute Gasteiger partial charge is 0.339 e. The molecule has 1 aromatic heterocycles. The fourth-order valence-corrected chi connectivity index (χ4v) is 1.51. The summed E-state index contributed by atoms with van der Waals surface area (Å²) < 4.78 is 5.23. The van der Waals surface area contributed by atoms with Gasteiger partial charge >= 0.3 is 12.0 Å². The van der Waals surface area contributed by atoms with Crippen molar-refractivity contribution in [3.05, 3.63) is 35.3 Å². The Morgan fingerprint density at radius 2 is 2.16 bits per heavy atom. The molecule has 0 bridgehead atoms. The molecule has 1 aromatic rings. The number of hydrogen-bond donors (Lipinski definition) is 3. The van der Waals surface area contributed by atoms with E-state index in [4.69, 9.17) is 9.52 Å². The first-order valence-electron chi connectivity index (χ1n) is 6.00. The van der Waals surface area contributed by atoms with Gasteiger partial charge in [-0.2, -0.15) is 0 Å². The van der Waals surface area contributed by atoms with Crippen LogP contribution in [0.25, 0.3) is 0 Å². The highest BCUT2D eigenvalue weighted by Crippen LogP contribution is 2.14. The van der Waals surface area contributed by atoms with Crippen molar-refractivity contribution in [3.8, 4) is 0 Å². The van der Waals surface area contributed by atoms with Crippen LogP contribution >= 0.6 is 0 Å². The largest absolute Gasteiger partial charge is 0.478 e. The molecule has 0 fully saturated rings. The van der Waals surface area contributed by atoms with E-state index >= 15 is 0 Å². The first kappa shape index (κ1) is 14.8. The predicted octanol–water partition coefficient (Wildman–Crippen LogP) is 2.05. The molecular weight excluding hydrogens is 248 g/mol. The van der Waals surface area contributed by atoms with Gasteiger partial charge in [-0.15, -0.1) is 0 Å². The second-order valence-corrected chi connectivity index (χ2v) is 3.95. The SMILES string of the molecule is C/C=C/CCNC(=O)NCc1cc(C(=O)O)c(C)o1. The Hall–Kier alpha value is -2.24. The van der Waals surface area contributed by atoms with Crippen LogP contribution in [-0.4, -0.2) is 23.7 Å². The second kappa shape index (κ2) is 7.25. The van der Waals surface area contributed by atoms with Crippen molar-refractivity contribution < 1.29 is 19.1 Å². The zero-order valence-corrected chi connectivity index (χ0v) is 11.0. The van der Waals surface area contributed by atoms with E-state index in [1.165, 1.54) is 6.07 Å². The molecule has 6 heteroatoms. The van der Waals surface area contributed by atoms with E-state index < -0.39 is 5.97 Å². The standard InChI is InChI=1S/C13H18N2O4/c1-3-4-5-6-14-13(18)15-8-10-7-11(12(16)17)9(2)19-10/h3-4,7H,5-6,8H2,1-2H3,(H,16,17)(H2,14,15,18)/b4-3+. The number of carbonyl (C=O) groups excluding carboxylic acids is 1. The molecule has 0 unspecified atom stereocenters. The van der Waals surface area contributed by atoms with Gasteiger partial charge < -0.3 is 20.2 Å². The Morgan fingerprint density at radius 1 is 1.42 bits per heavy atom. The summed E-state index contributed by atoms with van der Waals surface area (Å²) in [5, 5.41) is 14.1. The second-order valence-electron chi connectivity index (χ2n) is 3.95. The number of carbonyl (C=O) groups is 2. The van der Waals surface area contributed by atoms with Crippen LogP contribution in [0.3, 0.4) is 0 Å². The van der Waals surface area contributed by atoms with E-state index in [9.17, 15) is 9.59 Å². The van der Waals surface area contributed by atoms with Crippen molar-refractivity contribution in [3.63, 3.8) is 0 Å². The van der Waals surface area contributed by atoms with Crippen molar-refractivity contribution >= 4 is 12.0 Å². The Kier molecular flexibility index (Phi) is 5.66. The van der Waals surface area contributed by atoms with Gasteiger partial charge in [-0.3, -0.25) is 0 Å². The highest BCUT2D eigenvalue weighted by atomic mass is 16.4. The summed E-state index contributed by atoms with van der Waals surface area (Å²) in [4.78, 5) is 22.2. The monoisotopic (exact) mass is 266 g/mol. The lowest BCUT2D eigenvalue weighted by Crippen LogP contribution is -2.35. The van der Waals surface area contributed by atoms with Gasteiger partial charge in [-0.05, 0) is 26.3 Å². The summed E-state index contributed by atoms with van der Waals surface area (Å²) in [6, 6.07) is 1.10. The Bertz CT molecular complexity index is 477. The number of hydrogen-bond acceptors (Lipinski definition) is 3. The number of aromatic carboxylic acids is 1. The maximum absolute atomic E-state index is 11.4. The molecule has 0 saturated heterocycles. The molecule has 104 valence electrons. The van der Waals surface area contributed by atoms with Crippen molar-refractivity contribution in [2.45, 2.75) is 26.8 Å². The van der Waals surface area contributed by atoms with Gasteiger partial charge in [0, 0.05) is 6.54 Å². The van der Waals surface area contributed by atoms with E-state index in [1.54, 1.807) is 6.92 Å². The number of allylic oxidation sites excluding steroid dienone is 1. The number of nitrogens with one attached hydrogen (secondary N) is 2. The molecule has 0 atom stereocenters. The maximum Gasteiger partial charge on any atom is 0.339 e. The molecule has 0 aliphatic heterocycles. The van der Waals surface area contributed by atoms with E-state index in [2.05, 4.69) is 10.6 Å². The lowest BCUT2D eigenvalue weighted by molar-refractivity contribution is 0.0695. The van der Waals surface area contributed by atoms with Crippen molar-refractivity contribution in [1.82, 2.24) is 10.6 Å². The van der Waals surface area contributed by atoms with Crippen molar-refractivity contribution in [2.24, 2.45) is 0 Å². The average molecular weight is 266 g/mol. The quantitative estimate of drug-likeness (QED) is 0.543. The summed E-state index contributed by atoms with van der Waals surface area (Å²) in [6.45, 7) is 4.20. The van der Waals surface area contributed by atoms with Gasteiger partial charge in [0.2, 0.25) is 0 Å². The van der Waals surface area contributed by atoms with Crippen LogP contribution in [0.5, 0.6) is 0 Å². The minimum Gasteiger partial charge on any atom is -0.478 e. The summed E-state index contributed by atoms with van der Waals surface area (Å²) >= 11 is 0. The Labute approximate surface area is 111 Å². The molecule has 0 saturated carbocycles. The Balaban J connectivity index is 2.38. The minimum atomic E-state index is -1.04. The summed E-state index contributed by atoms with van der Waals surface area (Å²) in [5.41, 5.74) is 0.116. The highest BCUT2D eigenvalue weighted by Gasteiger charge is 2.13. The van der Waals surface area contributed by atoms with E-state index in [0.717, 1.165) is 6.42 Å². The number of urea groups is 1. The zero-order valence-electron chi connectivity index (χ0n) is 11.0. The van der Waals surface area contributed by atoms with Crippen LogP contribution in [0, 0.1) is 6.92 Å². The lowest BCUT2D eigenvalue weighted by Gasteiger charge is -2.04. The van der Waals surface area contributed by atoms with E-state index in [1.807, 2.05) is 19.1 Å². The maximum atomic E-state index is 11.4. The van der Waals surface area contributed by atoms with Crippen LogP contribution in [-0.2, 0) is 6.54 Å². The van der Waals surface area contributed by atoms with Crippen molar-refractivity contribution in [2.75, 3.05) is 6.54 Å². The van der Waals surface area contributed by atoms with Crippen LogP contribution in [0.2, 0.25) is 0 Å². The minimum absolute atomic E-state index is 0.116. The molecule has 0 aliphatic carbocycles. The van der Waals surface area contributed by atoms with Crippen LogP contribution < -0.4 is 10.6 Å². The molecule has 3 N–H and O–H groups in total. The molecule has 0 aliphatic rings. The molecule has 0 radical (unpaired) electrons. The van der Waals surface area contributed by atoms with Crippen LogP contribution in [0.1, 0.15) is 35.2 Å². The fourth-order valence-electron chi connectivity index (χ4n) is 1.51. The van der Waals surface area contributed by atoms with Crippen LogP contribution in [0.4, 0.5) is 4.79 Å². The van der Waals surface area contributed by atoms with E-state index in [0.29, 0.717) is 18.1 Å². The third-order valence-electron chi connectivity index (χ3n) is 2.45. The topological polar surface area (TPSA) is 91.6 Å². The molecule has 2 amide bonds. The number of amides is 2. The highest BCUT2D eigenvalue weighted by molar-refractivity contribution is 5.88. The van der Waals surface area contributed by atoms with Gasteiger partial charge in [0.25, 0.3) is 0 Å². The van der Waals surface area contributed by atoms with Gasteiger partial charge in [0.05, 0.1) is 6.54 Å². The van der Waals surface area contributed by atoms with Crippen LogP contribution in [0.15, 0.2) is 22.6 Å². The fraction of sp³-hybridized carbons (Fsp3) is 0.385. The van der Waals surface area contributed by atoms with Crippen molar-refractivity contribution in [1.29, 1.82) is 0 Å². The average Bonchev–Trinajstić information content (AvgIpc) is 2.74. The number of carboxylic acid groups (broad SMARTS) is 1. The normalized spacial score (nSPS) is 10.6. The summed E-state index contributed by atoms with van der Waals surface area (Å²) in [7, 11) is 0. The zero-order chi connectivity index (χ0) is 14.3. The van der Waals surface area contributed by atoms with Gasteiger partial charge in [-0.25, -0.2) is 9.59 Å². The number of furan rings is 1. The molecule has 0 aromatic carbocycles. The van der Waals surface area contributed by atoms with Gasteiger partial charge in [0.15, 0.2) is 0 Å². The molecule has 1 rings (SSSR count). The van der Waals surface area contributed by atoms with E-state index in [-0.39, 0.29) is 18.1 Å². The molecule has 19 heavy (non-hydrogen) atoms. The predicted molar refractivity (Wildman–Crippen MR) is 70.1 cm³/mol. The molecule has 0 spiro atoms. The lowest BCUT2D eigenvalue weighted by atomic mass is 10.2. The third-order valence-corrected chi connectivity index (χ3v) is 2.45. The first-order valence-corrected chi connectivity index (χ1v) is 6.00. The number of aryl methyl sites for hydroxylation is 1. The molecule has 6 nitrogen and oxygen atoms in total. The summed E-state index contributed by atoms with van der Waals surface area (Å²) in [6.07, 6.45) is 4.64. The molecular formula is C13H18N2O4.